The number of thioether (sulfide) groups is 1. The van der Waals surface area contributed by atoms with Gasteiger partial charge in [-0.25, -0.2) is 4.98 Å². The molecule has 0 radical (unpaired) electrons. The van der Waals surface area contributed by atoms with E-state index in [1.54, 1.807) is 60.7 Å². The molecule has 1 N–H and O–H groups in total. The van der Waals surface area contributed by atoms with Crippen LogP contribution in [0.4, 0.5) is 5.69 Å². The number of hydrogen-bond acceptors (Lipinski definition) is 8. The summed E-state index contributed by atoms with van der Waals surface area (Å²) >= 11 is 1.16. The second-order valence-corrected chi connectivity index (χ2v) is 8.91. The van der Waals surface area contributed by atoms with Gasteiger partial charge in [0.1, 0.15) is 5.75 Å². The number of allylic oxidation sites excluding steroid dienone is 1. The molecule has 11 heteroatoms. The molecule has 0 spiro atoms. The van der Waals surface area contributed by atoms with Gasteiger partial charge in [0.2, 0.25) is 5.91 Å². The van der Waals surface area contributed by atoms with Crippen LogP contribution < -0.4 is 15.7 Å². The lowest BCUT2D eigenvalue weighted by atomic mass is 10.1. The first kappa shape index (κ1) is 26.3. The minimum atomic E-state index is -0.909. The van der Waals surface area contributed by atoms with Crippen molar-refractivity contribution in [2.45, 2.75) is 18.6 Å². The number of rotatable bonds is 10. The van der Waals surface area contributed by atoms with Gasteiger partial charge in [0.25, 0.3) is 10.6 Å². The van der Waals surface area contributed by atoms with Crippen LogP contribution in [0.5, 0.6) is 5.75 Å². The predicted octanol–water partition coefficient (Wildman–Crippen LogP) is 4.61. The van der Waals surface area contributed by atoms with Crippen molar-refractivity contribution in [3.8, 4) is 5.75 Å². The molecule has 38 heavy (non-hydrogen) atoms. The summed E-state index contributed by atoms with van der Waals surface area (Å²) in [7, 11) is 0. The maximum atomic E-state index is 12.8. The van der Waals surface area contributed by atoms with Crippen LogP contribution in [0.1, 0.15) is 22.8 Å². The normalized spacial score (nSPS) is 11.0. The zero-order valence-electron chi connectivity index (χ0n) is 20.2. The lowest BCUT2D eigenvalue weighted by Gasteiger charge is -2.11. The fourth-order valence-corrected chi connectivity index (χ4v) is 4.51. The first-order chi connectivity index (χ1) is 18.3. The fourth-order valence-electron chi connectivity index (χ4n) is 3.64. The summed E-state index contributed by atoms with van der Waals surface area (Å²) in [5, 5.41) is 13.3. The zero-order valence-corrected chi connectivity index (χ0v) is 21.0. The number of amides is 1. The van der Waals surface area contributed by atoms with E-state index in [4.69, 9.17) is 0 Å². The largest absolute Gasteiger partial charge is 0.325 e. The van der Waals surface area contributed by atoms with Crippen LogP contribution in [0.3, 0.4) is 0 Å². The molecule has 0 fully saturated rings. The molecule has 0 atom stereocenters. The lowest BCUT2D eigenvalue weighted by molar-refractivity contribution is -0.711. The monoisotopic (exact) mass is 530 g/mol. The minimum Gasteiger partial charge on any atom is -0.325 e. The number of carbonyl (C=O) groups excluding carboxylic acids is 2. The molecule has 10 nitrogen and oxygen atoms in total. The van der Waals surface area contributed by atoms with Crippen molar-refractivity contribution in [3.63, 3.8) is 0 Å². The van der Waals surface area contributed by atoms with Crippen molar-refractivity contribution in [1.82, 2.24) is 9.55 Å². The number of anilines is 1. The molecule has 192 valence electrons. The summed E-state index contributed by atoms with van der Waals surface area (Å²) < 4.78 is 1.53. The summed E-state index contributed by atoms with van der Waals surface area (Å²) in [6.07, 6.45) is 2.85. The van der Waals surface area contributed by atoms with Gasteiger partial charge in [-0.3, -0.25) is 23.8 Å². The van der Waals surface area contributed by atoms with Crippen molar-refractivity contribution < 1.29 is 19.5 Å². The molecule has 0 saturated carbocycles. The van der Waals surface area contributed by atoms with Crippen LogP contribution in [-0.4, -0.2) is 32.1 Å². The fraction of sp³-hybridized carbons (Fsp3) is 0.111. The Hall–Kier alpha value is -4.77. The Labute approximate surface area is 221 Å². The van der Waals surface area contributed by atoms with Gasteiger partial charge in [-0.15, -0.1) is 10.1 Å². The maximum absolute atomic E-state index is 12.8. The molecule has 0 bridgehead atoms. The summed E-state index contributed by atoms with van der Waals surface area (Å²) in [6, 6.07) is 19.7. The Kier molecular flexibility index (Phi) is 8.29. The highest BCUT2D eigenvalue weighted by molar-refractivity contribution is 7.99. The van der Waals surface area contributed by atoms with Gasteiger partial charge in [0.15, 0.2) is 10.9 Å². The van der Waals surface area contributed by atoms with Gasteiger partial charge in [-0.1, -0.05) is 54.2 Å². The average Bonchev–Trinajstić information content (AvgIpc) is 2.90. The van der Waals surface area contributed by atoms with E-state index in [0.29, 0.717) is 39.4 Å². The number of carbonyl (C=O) groups is 2. The average molecular weight is 531 g/mol. The van der Waals surface area contributed by atoms with Crippen LogP contribution in [0.25, 0.3) is 17.0 Å². The highest BCUT2D eigenvalue weighted by Gasteiger charge is 2.13. The molecule has 0 aliphatic heterocycles. The van der Waals surface area contributed by atoms with E-state index in [9.17, 15) is 24.5 Å². The number of nitrogens with one attached hydrogen (secondary N) is 1. The topological polar surface area (TPSA) is 133 Å². The van der Waals surface area contributed by atoms with Crippen LogP contribution in [0, 0.1) is 10.1 Å². The summed E-state index contributed by atoms with van der Waals surface area (Å²) in [5.74, 6) is -0.570. The third-order valence-corrected chi connectivity index (χ3v) is 6.35. The van der Waals surface area contributed by atoms with Crippen LogP contribution in [0.15, 0.2) is 88.8 Å². The first-order valence-electron chi connectivity index (χ1n) is 11.5. The summed E-state index contributed by atoms with van der Waals surface area (Å²) in [4.78, 5) is 57.5. The van der Waals surface area contributed by atoms with Crippen molar-refractivity contribution >= 4 is 46.1 Å². The quantitative estimate of drug-likeness (QED) is 0.0784. The number of hydrogen-bond donors (Lipinski definition) is 1. The predicted molar refractivity (Wildman–Crippen MR) is 145 cm³/mol. The highest BCUT2D eigenvalue weighted by atomic mass is 32.2. The molecule has 4 rings (SSSR count). The Morgan fingerprint density at radius 2 is 1.89 bits per heavy atom. The number of fused-ring (bicyclic) bond motifs is 1. The van der Waals surface area contributed by atoms with Crippen molar-refractivity contribution in [2.24, 2.45) is 0 Å². The first-order valence-corrected chi connectivity index (χ1v) is 12.5. The Balaban J connectivity index is 1.41. The van der Waals surface area contributed by atoms with E-state index in [1.807, 2.05) is 6.92 Å². The lowest BCUT2D eigenvalue weighted by Crippen LogP contribution is -2.23. The van der Waals surface area contributed by atoms with Crippen LogP contribution in [-0.2, 0) is 11.3 Å². The second-order valence-electron chi connectivity index (χ2n) is 7.96. The molecular formula is C27H22N4O6S. The van der Waals surface area contributed by atoms with Gasteiger partial charge in [0, 0.05) is 17.8 Å². The van der Waals surface area contributed by atoms with E-state index in [1.165, 1.54) is 28.9 Å². The van der Waals surface area contributed by atoms with Crippen LogP contribution in [0.2, 0.25) is 0 Å². The van der Waals surface area contributed by atoms with E-state index < -0.39 is 5.09 Å². The number of benzene rings is 3. The Morgan fingerprint density at radius 3 is 2.68 bits per heavy atom. The highest BCUT2D eigenvalue weighted by Crippen LogP contribution is 2.19. The molecule has 4 aromatic rings. The molecule has 0 saturated heterocycles. The molecule has 1 amide bonds. The van der Waals surface area contributed by atoms with Crippen molar-refractivity contribution in [3.05, 3.63) is 110 Å². The third-order valence-electron chi connectivity index (χ3n) is 5.37. The number of aromatic nitrogens is 2. The van der Waals surface area contributed by atoms with Crippen molar-refractivity contribution in [2.75, 3.05) is 11.1 Å². The number of ketones is 1. The number of para-hydroxylation sites is 1. The van der Waals surface area contributed by atoms with E-state index in [0.717, 1.165) is 11.8 Å². The molecule has 0 aliphatic carbocycles. The van der Waals surface area contributed by atoms with Gasteiger partial charge in [-0.05, 0) is 55.0 Å². The third kappa shape index (κ3) is 6.51. The SMILES string of the molecule is CCn1c(SCC(=O)Nc2cccc(C(=O)/C=C/c3cccc(O[N+](=O)[O-])c3)c2)nc2ccccc2c1=O. The van der Waals surface area contributed by atoms with Gasteiger partial charge in [0.05, 0.1) is 16.7 Å². The molecule has 0 unspecified atom stereocenters. The number of nitrogens with zero attached hydrogens (tertiary/aromatic N) is 3. The maximum Gasteiger partial charge on any atom is 0.299 e. The molecule has 0 aliphatic rings. The van der Waals surface area contributed by atoms with Gasteiger partial charge >= 0.3 is 0 Å². The van der Waals surface area contributed by atoms with Gasteiger partial charge in [-0.2, -0.15) is 0 Å². The van der Waals surface area contributed by atoms with E-state index in [-0.39, 0.29) is 28.8 Å². The molecular weight excluding hydrogens is 508 g/mol. The van der Waals surface area contributed by atoms with E-state index in [2.05, 4.69) is 15.1 Å². The standard InChI is InChI=1S/C27H22N4O6S/c1-2-30-26(34)22-11-3-4-12-23(22)29-27(30)38-17-25(33)28-20-9-6-8-19(16-20)24(32)14-13-18-7-5-10-21(15-18)37-31(35)36/h3-16H,2,17H2,1H3,(H,28,33)/b14-13+. The zero-order chi connectivity index (χ0) is 27.1. The van der Waals surface area contributed by atoms with Gasteiger partial charge < -0.3 is 5.32 Å². The Bertz CT molecular complexity index is 1610. The molecule has 1 heterocycles. The smallest absolute Gasteiger partial charge is 0.299 e. The van der Waals surface area contributed by atoms with E-state index >= 15 is 0 Å². The Morgan fingerprint density at radius 1 is 1.11 bits per heavy atom. The minimum absolute atomic E-state index is 0.0193. The van der Waals surface area contributed by atoms with Crippen molar-refractivity contribution in [1.29, 1.82) is 0 Å². The molecule has 1 aromatic heterocycles. The summed E-state index contributed by atoms with van der Waals surface area (Å²) in [5.41, 5.74) is 1.75. The molecule has 3 aromatic carbocycles. The van der Waals surface area contributed by atoms with Crippen LogP contribution >= 0.6 is 11.8 Å². The second kappa shape index (κ2) is 12.0. The summed E-state index contributed by atoms with van der Waals surface area (Å²) in [6.45, 7) is 2.27.